The summed E-state index contributed by atoms with van der Waals surface area (Å²) in [5.41, 5.74) is 4.60. The molecule has 1 aliphatic rings. The summed E-state index contributed by atoms with van der Waals surface area (Å²) < 4.78 is 0. The second-order valence-electron chi connectivity index (χ2n) is 9.61. The fourth-order valence-electron chi connectivity index (χ4n) is 3.91. The number of fused-ring (bicyclic) bond motifs is 1. The van der Waals surface area contributed by atoms with E-state index in [0.717, 1.165) is 30.3 Å². The molecule has 0 saturated heterocycles. The summed E-state index contributed by atoms with van der Waals surface area (Å²) in [6, 6.07) is 8.57. The third kappa shape index (κ3) is 4.62. The van der Waals surface area contributed by atoms with E-state index in [2.05, 4.69) is 46.1 Å². The average Bonchev–Trinajstić information content (AvgIpc) is 3.42. The second-order valence-corrected chi connectivity index (χ2v) is 9.61. The van der Waals surface area contributed by atoms with Gasteiger partial charge < -0.3 is 4.98 Å². The van der Waals surface area contributed by atoms with Crippen LogP contribution < -0.4 is 0 Å². The molecule has 3 aromatic rings. The lowest BCUT2D eigenvalue weighted by Gasteiger charge is -2.22. The molecule has 158 valence electrons. The summed E-state index contributed by atoms with van der Waals surface area (Å²) >= 11 is 0. The number of carbonyl (C=O) groups excluding carboxylic acids is 1. The normalized spacial score (nSPS) is 14.6. The van der Waals surface area contributed by atoms with E-state index in [1.54, 1.807) is 12.4 Å². The van der Waals surface area contributed by atoms with Gasteiger partial charge in [-0.15, -0.1) is 0 Å². The molecule has 0 atom stereocenters. The molecule has 1 saturated carbocycles. The fourth-order valence-corrected chi connectivity index (χ4v) is 3.91. The minimum absolute atomic E-state index is 0.0734. The molecule has 0 radical (unpaired) electrons. The number of carbonyl (C=O) groups is 1. The van der Waals surface area contributed by atoms with Gasteiger partial charge in [-0.2, -0.15) is 0 Å². The van der Waals surface area contributed by atoms with Crippen molar-refractivity contribution in [3.8, 4) is 11.3 Å². The average molecular weight is 405 g/mol. The van der Waals surface area contributed by atoms with Crippen LogP contribution in [-0.4, -0.2) is 38.7 Å². The van der Waals surface area contributed by atoms with Crippen LogP contribution in [0.3, 0.4) is 0 Å². The molecule has 1 N–H and O–H groups in total. The Morgan fingerprint density at radius 2 is 2.07 bits per heavy atom. The lowest BCUT2D eigenvalue weighted by Crippen LogP contribution is -2.26. The molecular weight excluding hydrogens is 372 g/mol. The Balaban J connectivity index is 1.62. The van der Waals surface area contributed by atoms with Gasteiger partial charge in [-0.25, -0.2) is 9.97 Å². The summed E-state index contributed by atoms with van der Waals surface area (Å²) in [4.78, 5) is 27.8. The third-order valence-corrected chi connectivity index (χ3v) is 5.69. The maximum atomic E-state index is 12.8. The number of Topliss-reactive ketones (excluding diaryl/α,β-unsaturated/α-hetero) is 1. The van der Waals surface area contributed by atoms with Crippen LogP contribution in [0.1, 0.15) is 62.9 Å². The highest BCUT2D eigenvalue weighted by Crippen LogP contribution is 2.31. The van der Waals surface area contributed by atoms with E-state index in [0.29, 0.717) is 16.7 Å². The zero-order chi connectivity index (χ0) is 21.3. The van der Waals surface area contributed by atoms with Crippen LogP contribution in [0.5, 0.6) is 0 Å². The van der Waals surface area contributed by atoms with E-state index in [1.807, 2.05) is 20.8 Å². The minimum Gasteiger partial charge on any atom is -0.344 e. The van der Waals surface area contributed by atoms with Crippen LogP contribution in [-0.2, 0) is 6.54 Å². The van der Waals surface area contributed by atoms with E-state index in [9.17, 15) is 4.79 Å². The number of aromatic nitrogens is 3. The van der Waals surface area contributed by atoms with Gasteiger partial charge in [-0.1, -0.05) is 45.9 Å². The molecule has 4 rings (SSSR count). The van der Waals surface area contributed by atoms with Crippen molar-refractivity contribution >= 4 is 16.9 Å². The van der Waals surface area contributed by atoms with Crippen molar-refractivity contribution in [3.05, 3.63) is 47.8 Å². The molecule has 1 fully saturated rings. The summed E-state index contributed by atoms with van der Waals surface area (Å²) in [6.45, 7) is 11.3. The van der Waals surface area contributed by atoms with Gasteiger partial charge in [0.15, 0.2) is 11.4 Å². The van der Waals surface area contributed by atoms with E-state index in [1.165, 1.54) is 31.4 Å². The Kier molecular flexibility index (Phi) is 5.74. The maximum absolute atomic E-state index is 12.8. The zero-order valence-corrected chi connectivity index (χ0v) is 18.5. The summed E-state index contributed by atoms with van der Waals surface area (Å²) in [5.74, 6) is 0.963. The van der Waals surface area contributed by atoms with Crippen molar-refractivity contribution in [1.82, 2.24) is 19.9 Å². The quantitative estimate of drug-likeness (QED) is 0.505. The van der Waals surface area contributed by atoms with Gasteiger partial charge >= 0.3 is 0 Å². The lowest BCUT2D eigenvalue weighted by molar-refractivity contribution is 0.0860. The third-order valence-electron chi connectivity index (χ3n) is 5.69. The highest BCUT2D eigenvalue weighted by atomic mass is 16.1. The first-order valence-electron chi connectivity index (χ1n) is 11.1. The highest BCUT2D eigenvalue weighted by Gasteiger charge is 2.27. The predicted molar refractivity (Wildman–Crippen MR) is 121 cm³/mol. The van der Waals surface area contributed by atoms with Crippen molar-refractivity contribution in [2.75, 3.05) is 13.1 Å². The van der Waals surface area contributed by atoms with Crippen molar-refractivity contribution in [2.24, 2.45) is 11.3 Å². The van der Waals surface area contributed by atoms with Crippen LogP contribution in [0.15, 0.2) is 36.7 Å². The number of benzene rings is 1. The molecule has 0 aliphatic heterocycles. The summed E-state index contributed by atoms with van der Waals surface area (Å²) in [7, 11) is 0. The highest BCUT2D eigenvalue weighted by molar-refractivity contribution is 6.08. The van der Waals surface area contributed by atoms with Crippen molar-refractivity contribution in [1.29, 1.82) is 0 Å². The van der Waals surface area contributed by atoms with Crippen LogP contribution >= 0.6 is 0 Å². The van der Waals surface area contributed by atoms with Crippen molar-refractivity contribution in [2.45, 2.75) is 53.5 Å². The van der Waals surface area contributed by atoms with Crippen LogP contribution in [0.4, 0.5) is 0 Å². The smallest absolute Gasteiger partial charge is 0.171 e. The molecule has 0 amide bonds. The standard InChI is InChI=1S/C25H32N4O/c1-5-11-29(15-17-9-10-17)16-18-7-6-8-19(12-18)21-14-27-24-22(28-21)20(13-26-24)23(30)25(2,3)4/h6-8,12-14,17H,5,9-11,15-16H2,1-4H3,(H,26,27). The minimum atomic E-state index is -0.461. The molecule has 1 aromatic carbocycles. The van der Waals surface area contributed by atoms with Gasteiger partial charge in [0.2, 0.25) is 0 Å². The van der Waals surface area contributed by atoms with E-state index in [-0.39, 0.29) is 5.78 Å². The number of nitrogens with zero attached hydrogens (tertiary/aromatic N) is 3. The molecular formula is C25H32N4O. The number of ketones is 1. The van der Waals surface area contributed by atoms with Gasteiger partial charge in [0.1, 0.15) is 5.52 Å². The Bertz CT molecular complexity index is 1040. The van der Waals surface area contributed by atoms with Crippen LogP contribution in [0.25, 0.3) is 22.4 Å². The Hall–Kier alpha value is -2.53. The summed E-state index contributed by atoms with van der Waals surface area (Å²) in [5, 5.41) is 0. The first-order chi connectivity index (χ1) is 14.3. The van der Waals surface area contributed by atoms with E-state index in [4.69, 9.17) is 4.98 Å². The van der Waals surface area contributed by atoms with Crippen LogP contribution in [0.2, 0.25) is 0 Å². The molecule has 0 bridgehead atoms. The van der Waals surface area contributed by atoms with Gasteiger partial charge in [0.25, 0.3) is 0 Å². The maximum Gasteiger partial charge on any atom is 0.171 e. The molecule has 2 heterocycles. The molecule has 5 nitrogen and oxygen atoms in total. The van der Waals surface area contributed by atoms with Gasteiger partial charge in [0.05, 0.1) is 17.5 Å². The summed E-state index contributed by atoms with van der Waals surface area (Å²) in [6.07, 6.45) is 7.45. The number of hydrogen-bond acceptors (Lipinski definition) is 4. The Morgan fingerprint density at radius 1 is 1.27 bits per heavy atom. The predicted octanol–water partition coefficient (Wildman–Crippen LogP) is 5.48. The first-order valence-corrected chi connectivity index (χ1v) is 11.1. The number of rotatable bonds is 8. The second kappa shape index (κ2) is 8.31. The van der Waals surface area contributed by atoms with Crippen molar-refractivity contribution in [3.63, 3.8) is 0 Å². The Morgan fingerprint density at radius 3 is 2.77 bits per heavy atom. The molecule has 1 aliphatic carbocycles. The fraction of sp³-hybridized carbons (Fsp3) is 0.480. The van der Waals surface area contributed by atoms with Crippen LogP contribution in [0, 0.1) is 11.3 Å². The number of aromatic amines is 1. The Labute approximate surface area is 178 Å². The lowest BCUT2D eigenvalue weighted by atomic mass is 9.87. The number of hydrogen-bond donors (Lipinski definition) is 1. The number of H-pyrrole nitrogens is 1. The SMILES string of the molecule is CCCN(Cc1cccc(-c2cnc3[nH]cc(C(=O)C(C)(C)C)c3n2)c1)CC1CC1. The molecule has 30 heavy (non-hydrogen) atoms. The van der Waals surface area contributed by atoms with Gasteiger partial charge in [-0.3, -0.25) is 9.69 Å². The van der Waals surface area contributed by atoms with Gasteiger partial charge in [0, 0.05) is 30.3 Å². The van der Waals surface area contributed by atoms with Crippen molar-refractivity contribution < 1.29 is 4.79 Å². The van der Waals surface area contributed by atoms with Gasteiger partial charge in [-0.05, 0) is 43.4 Å². The largest absolute Gasteiger partial charge is 0.344 e. The molecule has 0 unspecified atom stereocenters. The monoisotopic (exact) mass is 404 g/mol. The first kappa shape index (κ1) is 20.7. The molecule has 2 aromatic heterocycles. The van der Waals surface area contributed by atoms with E-state index < -0.39 is 5.41 Å². The topological polar surface area (TPSA) is 61.9 Å². The van der Waals surface area contributed by atoms with E-state index >= 15 is 0 Å². The molecule has 0 spiro atoms. The molecule has 5 heteroatoms. The number of nitrogens with one attached hydrogen (secondary N) is 1. The zero-order valence-electron chi connectivity index (χ0n) is 18.5.